The van der Waals surface area contributed by atoms with Crippen molar-refractivity contribution in [1.29, 1.82) is 0 Å². The molecule has 0 aromatic rings. The Morgan fingerprint density at radius 2 is 1.93 bits per heavy atom. The highest BCUT2D eigenvalue weighted by Gasteiger charge is 2.37. The lowest BCUT2D eigenvalue weighted by atomic mass is 9.66. The van der Waals surface area contributed by atoms with Crippen LogP contribution in [0.5, 0.6) is 0 Å². The summed E-state index contributed by atoms with van der Waals surface area (Å²) in [5, 5.41) is 10.2. The maximum atomic E-state index is 10.2. The SMILES string of the molecule is C#CCC1(O)CCC(C(C)(C)CC)CC1. The average Bonchev–Trinajstić information content (AvgIpc) is 2.18. The smallest absolute Gasteiger partial charge is 0.0756 e. The predicted octanol–water partition coefficient (Wildman–Crippen LogP) is 3.37. The van der Waals surface area contributed by atoms with Crippen molar-refractivity contribution in [3.8, 4) is 12.3 Å². The number of hydrogen-bond acceptors (Lipinski definition) is 1. The third kappa shape index (κ3) is 2.98. The van der Waals surface area contributed by atoms with Gasteiger partial charge in [0.15, 0.2) is 0 Å². The molecule has 0 saturated heterocycles. The summed E-state index contributed by atoms with van der Waals surface area (Å²) in [5.41, 5.74) is -0.146. The largest absolute Gasteiger partial charge is 0.389 e. The molecule has 1 N–H and O–H groups in total. The molecule has 15 heavy (non-hydrogen) atoms. The maximum absolute atomic E-state index is 10.2. The average molecular weight is 208 g/mol. The molecule has 0 bridgehead atoms. The fraction of sp³-hybridized carbons (Fsp3) is 0.857. The number of hydrogen-bond donors (Lipinski definition) is 1. The Balaban J connectivity index is 2.53. The third-order valence-corrected chi connectivity index (χ3v) is 4.36. The van der Waals surface area contributed by atoms with Crippen LogP contribution >= 0.6 is 0 Å². The van der Waals surface area contributed by atoms with E-state index in [-0.39, 0.29) is 0 Å². The lowest BCUT2D eigenvalue weighted by Crippen LogP contribution is -2.37. The Bertz CT molecular complexity index is 239. The van der Waals surface area contributed by atoms with Crippen LogP contribution in [0.1, 0.15) is 59.3 Å². The predicted molar refractivity (Wildman–Crippen MR) is 64.4 cm³/mol. The monoisotopic (exact) mass is 208 g/mol. The minimum atomic E-state index is -0.560. The molecule has 1 aliphatic carbocycles. The summed E-state index contributed by atoms with van der Waals surface area (Å²) >= 11 is 0. The Hall–Kier alpha value is -0.480. The molecule has 86 valence electrons. The van der Waals surface area contributed by atoms with Gasteiger partial charge < -0.3 is 5.11 Å². The van der Waals surface area contributed by atoms with Gasteiger partial charge in [-0.2, -0.15) is 0 Å². The Morgan fingerprint density at radius 1 is 1.40 bits per heavy atom. The molecule has 0 aromatic heterocycles. The van der Waals surface area contributed by atoms with Crippen LogP contribution < -0.4 is 0 Å². The summed E-state index contributed by atoms with van der Waals surface area (Å²) in [7, 11) is 0. The molecule has 1 saturated carbocycles. The first-order chi connectivity index (χ1) is 6.93. The van der Waals surface area contributed by atoms with Gasteiger partial charge in [0.2, 0.25) is 0 Å². The van der Waals surface area contributed by atoms with Crippen LogP contribution in [0.25, 0.3) is 0 Å². The summed E-state index contributed by atoms with van der Waals surface area (Å²) in [6.45, 7) is 6.93. The number of rotatable bonds is 3. The van der Waals surface area contributed by atoms with Crippen molar-refractivity contribution in [3.63, 3.8) is 0 Å². The molecule has 1 aliphatic rings. The first-order valence-electron chi connectivity index (χ1n) is 6.09. The Kier molecular flexibility index (Phi) is 3.84. The molecule has 0 radical (unpaired) electrons. The van der Waals surface area contributed by atoms with Crippen molar-refractivity contribution in [2.24, 2.45) is 11.3 Å². The van der Waals surface area contributed by atoms with E-state index in [0.29, 0.717) is 11.8 Å². The molecular weight excluding hydrogens is 184 g/mol. The summed E-state index contributed by atoms with van der Waals surface area (Å²) < 4.78 is 0. The molecule has 0 spiro atoms. The summed E-state index contributed by atoms with van der Waals surface area (Å²) in [5.74, 6) is 3.35. The summed E-state index contributed by atoms with van der Waals surface area (Å²) in [6, 6.07) is 0. The van der Waals surface area contributed by atoms with E-state index in [1.165, 1.54) is 6.42 Å². The van der Waals surface area contributed by atoms with Gasteiger partial charge in [-0.1, -0.05) is 27.2 Å². The molecular formula is C14H24O. The molecule has 1 heteroatoms. The molecule has 0 aliphatic heterocycles. The van der Waals surface area contributed by atoms with Crippen LogP contribution in [0.3, 0.4) is 0 Å². The molecule has 0 atom stereocenters. The van der Waals surface area contributed by atoms with Gasteiger partial charge in [0, 0.05) is 6.42 Å². The lowest BCUT2D eigenvalue weighted by Gasteiger charge is -2.42. The van der Waals surface area contributed by atoms with Crippen molar-refractivity contribution in [2.75, 3.05) is 0 Å². The van der Waals surface area contributed by atoms with E-state index in [1.54, 1.807) is 0 Å². The van der Waals surface area contributed by atoms with Gasteiger partial charge in [-0.3, -0.25) is 0 Å². The summed E-state index contributed by atoms with van der Waals surface area (Å²) in [4.78, 5) is 0. The van der Waals surface area contributed by atoms with Crippen LogP contribution in [-0.2, 0) is 0 Å². The first kappa shape index (κ1) is 12.6. The second kappa shape index (κ2) is 4.58. The zero-order chi connectivity index (χ0) is 11.5. The fourth-order valence-corrected chi connectivity index (χ4v) is 2.59. The van der Waals surface area contributed by atoms with E-state index in [9.17, 15) is 5.11 Å². The van der Waals surface area contributed by atoms with E-state index < -0.39 is 5.60 Å². The molecule has 0 heterocycles. The highest BCUT2D eigenvalue weighted by Crippen LogP contribution is 2.44. The molecule has 1 fully saturated rings. The third-order valence-electron chi connectivity index (χ3n) is 4.36. The highest BCUT2D eigenvalue weighted by atomic mass is 16.3. The van der Waals surface area contributed by atoms with Crippen LogP contribution in [0, 0.1) is 23.7 Å². The fourth-order valence-electron chi connectivity index (χ4n) is 2.59. The zero-order valence-electron chi connectivity index (χ0n) is 10.3. The number of terminal acetylenes is 1. The zero-order valence-corrected chi connectivity index (χ0v) is 10.3. The van der Waals surface area contributed by atoms with Crippen LogP contribution in [0.4, 0.5) is 0 Å². The van der Waals surface area contributed by atoms with Crippen LogP contribution in [0.2, 0.25) is 0 Å². The topological polar surface area (TPSA) is 20.2 Å². The lowest BCUT2D eigenvalue weighted by molar-refractivity contribution is -0.0240. The van der Waals surface area contributed by atoms with E-state index in [4.69, 9.17) is 6.42 Å². The minimum Gasteiger partial charge on any atom is -0.389 e. The summed E-state index contributed by atoms with van der Waals surface area (Å²) in [6.07, 6.45) is 11.0. The van der Waals surface area contributed by atoms with Crippen molar-refractivity contribution < 1.29 is 5.11 Å². The van der Waals surface area contributed by atoms with Gasteiger partial charge in [-0.05, 0) is 37.0 Å². The quantitative estimate of drug-likeness (QED) is 0.705. The van der Waals surface area contributed by atoms with Crippen LogP contribution in [0.15, 0.2) is 0 Å². The standard InChI is InChI=1S/C14H24O/c1-5-9-14(15)10-7-12(8-11-14)13(3,4)6-2/h1,12,15H,6-11H2,2-4H3. The van der Waals surface area contributed by atoms with Gasteiger partial charge in [0.25, 0.3) is 0 Å². The number of aliphatic hydroxyl groups is 1. The normalized spacial score (nSPS) is 32.3. The van der Waals surface area contributed by atoms with Gasteiger partial charge in [0.05, 0.1) is 5.60 Å². The van der Waals surface area contributed by atoms with Gasteiger partial charge in [-0.25, -0.2) is 0 Å². The maximum Gasteiger partial charge on any atom is 0.0756 e. The van der Waals surface area contributed by atoms with Gasteiger partial charge >= 0.3 is 0 Å². The minimum absolute atomic E-state index is 0.414. The van der Waals surface area contributed by atoms with E-state index in [1.807, 2.05) is 0 Å². The van der Waals surface area contributed by atoms with Crippen molar-refractivity contribution in [2.45, 2.75) is 64.9 Å². The molecule has 0 unspecified atom stereocenters. The molecule has 0 amide bonds. The molecule has 1 rings (SSSR count). The van der Waals surface area contributed by atoms with Crippen LogP contribution in [-0.4, -0.2) is 10.7 Å². The van der Waals surface area contributed by atoms with E-state index >= 15 is 0 Å². The van der Waals surface area contributed by atoms with E-state index in [2.05, 4.69) is 26.7 Å². The molecule has 1 nitrogen and oxygen atoms in total. The van der Waals surface area contributed by atoms with Gasteiger partial charge in [0.1, 0.15) is 0 Å². The Morgan fingerprint density at radius 3 is 2.33 bits per heavy atom. The van der Waals surface area contributed by atoms with Crippen molar-refractivity contribution in [3.05, 3.63) is 0 Å². The van der Waals surface area contributed by atoms with Crippen molar-refractivity contribution in [1.82, 2.24) is 0 Å². The highest BCUT2D eigenvalue weighted by molar-refractivity contribution is 4.98. The Labute approximate surface area is 94.3 Å². The molecule has 0 aromatic carbocycles. The van der Waals surface area contributed by atoms with E-state index in [0.717, 1.165) is 31.6 Å². The second-order valence-corrected chi connectivity index (χ2v) is 5.72. The second-order valence-electron chi connectivity index (χ2n) is 5.72. The first-order valence-corrected chi connectivity index (χ1v) is 6.09. The van der Waals surface area contributed by atoms with Gasteiger partial charge in [-0.15, -0.1) is 12.3 Å². The van der Waals surface area contributed by atoms with Crippen molar-refractivity contribution >= 4 is 0 Å².